The molecule has 0 fully saturated rings. The summed E-state index contributed by atoms with van der Waals surface area (Å²) in [4.78, 5) is 4.16. The quantitative estimate of drug-likeness (QED) is 0.129. The van der Waals surface area contributed by atoms with E-state index < -0.39 is 5.82 Å². The average Bonchev–Trinajstić information content (AvgIpc) is 3.12. The third-order valence-electron chi connectivity index (χ3n) is 3.36. The highest BCUT2D eigenvalue weighted by molar-refractivity contribution is 9.10. The molecule has 6 N–H and O–H groups in total. The lowest BCUT2D eigenvalue weighted by Gasteiger charge is -2.09. The van der Waals surface area contributed by atoms with Gasteiger partial charge in [-0.2, -0.15) is 0 Å². The molecule has 0 bridgehead atoms. The minimum Gasteiger partial charge on any atom is -0.399 e. The number of hydrogen-bond acceptors (Lipinski definition) is 7. The number of rotatable bonds is 4. The number of thiocarbonyl (C=S) groups is 1. The molecule has 9 nitrogen and oxygen atoms in total. The molecule has 1 aromatic heterocycles. The van der Waals surface area contributed by atoms with Gasteiger partial charge >= 0.3 is 0 Å². The fraction of sp³-hybridized carbons (Fsp3) is 0. The number of nitrogens with zero attached hydrogens (tertiary/aromatic N) is 3. The summed E-state index contributed by atoms with van der Waals surface area (Å²) in [6.45, 7) is 0. The van der Waals surface area contributed by atoms with E-state index in [9.17, 15) is 9.60 Å². The Morgan fingerprint density at radius 2 is 1.93 bits per heavy atom. The summed E-state index contributed by atoms with van der Waals surface area (Å²) in [7, 11) is 0. The van der Waals surface area contributed by atoms with E-state index in [-0.39, 0.29) is 26.9 Å². The molecule has 0 atom stereocenters. The standard InChI is InChI=1S/C16H13BrFN7O2S/c17-11-7-10(5-6-12(11)18)20-14(23-26)13-15(25-27-24-13)22-16(28)21-9-3-1-8(19)2-4-9/h1-7,26H,19H2,(H,20,23)(H2,21,22,25,28). The van der Waals surface area contributed by atoms with Crippen molar-refractivity contribution in [3.05, 3.63) is 58.4 Å². The average molecular weight is 466 g/mol. The minimum atomic E-state index is -0.443. The molecule has 3 aromatic rings. The Morgan fingerprint density at radius 3 is 2.61 bits per heavy atom. The number of nitrogen functional groups attached to an aromatic ring is 1. The first-order valence-electron chi connectivity index (χ1n) is 7.66. The van der Waals surface area contributed by atoms with Gasteiger partial charge in [0.25, 0.3) is 0 Å². The second kappa shape index (κ2) is 8.73. The normalized spacial score (nSPS) is 11.2. The van der Waals surface area contributed by atoms with E-state index in [2.05, 4.69) is 41.9 Å². The predicted octanol–water partition coefficient (Wildman–Crippen LogP) is 3.42. The lowest BCUT2D eigenvalue weighted by Crippen LogP contribution is -2.25. The number of benzene rings is 2. The lowest BCUT2D eigenvalue weighted by molar-refractivity contribution is 0.234. The smallest absolute Gasteiger partial charge is 0.208 e. The summed E-state index contributed by atoms with van der Waals surface area (Å²) in [6, 6.07) is 11.0. The second-order valence-corrected chi connectivity index (χ2v) is 6.60. The maximum absolute atomic E-state index is 13.4. The molecule has 144 valence electrons. The van der Waals surface area contributed by atoms with Crippen molar-refractivity contribution in [1.29, 1.82) is 0 Å². The van der Waals surface area contributed by atoms with Crippen LogP contribution in [0.1, 0.15) is 5.69 Å². The van der Waals surface area contributed by atoms with Gasteiger partial charge in [0.1, 0.15) is 5.82 Å². The van der Waals surface area contributed by atoms with Crippen LogP contribution in [-0.4, -0.2) is 26.5 Å². The fourth-order valence-corrected chi connectivity index (χ4v) is 2.66. The van der Waals surface area contributed by atoms with Gasteiger partial charge < -0.3 is 16.4 Å². The maximum Gasteiger partial charge on any atom is 0.208 e. The van der Waals surface area contributed by atoms with Crippen LogP contribution in [-0.2, 0) is 0 Å². The van der Waals surface area contributed by atoms with Crippen LogP contribution in [0.2, 0.25) is 0 Å². The van der Waals surface area contributed by atoms with E-state index in [1.807, 2.05) is 5.48 Å². The van der Waals surface area contributed by atoms with Crippen LogP contribution in [0.4, 0.5) is 27.3 Å². The van der Waals surface area contributed by atoms with Gasteiger partial charge in [-0.05, 0) is 80.9 Å². The van der Waals surface area contributed by atoms with Gasteiger partial charge in [0.2, 0.25) is 5.82 Å². The maximum atomic E-state index is 13.4. The molecule has 3 rings (SSSR count). The summed E-state index contributed by atoms with van der Waals surface area (Å²) < 4.78 is 18.3. The number of anilines is 3. The van der Waals surface area contributed by atoms with Crippen molar-refractivity contribution in [3.8, 4) is 0 Å². The molecular weight excluding hydrogens is 453 g/mol. The molecule has 0 unspecified atom stereocenters. The largest absolute Gasteiger partial charge is 0.399 e. The SMILES string of the molecule is Nc1ccc(NC(=S)Nc2nonc2C(=Nc2ccc(F)c(Br)c2)NO)cc1. The van der Waals surface area contributed by atoms with Crippen LogP contribution in [0.5, 0.6) is 0 Å². The molecular formula is C16H13BrFN7O2S. The van der Waals surface area contributed by atoms with Crippen LogP contribution in [0.25, 0.3) is 0 Å². The summed E-state index contributed by atoms with van der Waals surface area (Å²) in [5.41, 5.74) is 9.29. The molecule has 0 radical (unpaired) electrons. The highest BCUT2D eigenvalue weighted by Gasteiger charge is 2.18. The zero-order valence-corrected chi connectivity index (χ0v) is 16.4. The van der Waals surface area contributed by atoms with Crippen molar-refractivity contribution >= 4 is 62.0 Å². The van der Waals surface area contributed by atoms with E-state index >= 15 is 0 Å². The Balaban J connectivity index is 1.79. The first-order valence-corrected chi connectivity index (χ1v) is 8.86. The Kier molecular flexibility index (Phi) is 6.13. The Bertz CT molecular complexity index is 1030. The number of aliphatic imine (C=N–C) groups is 1. The van der Waals surface area contributed by atoms with Gasteiger partial charge in [-0.1, -0.05) is 0 Å². The molecule has 0 amide bonds. The van der Waals surface area contributed by atoms with E-state index in [0.29, 0.717) is 17.1 Å². The lowest BCUT2D eigenvalue weighted by atomic mass is 10.3. The zero-order valence-electron chi connectivity index (χ0n) is 14.0. The monoisotopic (exact) mass is 465 g/mol. The number of amidine groups is 1. The molecule has 0 saturated carbocycles. The number of nitrogens with one attached hydrogen (secondary N) is 3. The zero-order chi connectivity index (χ0) is 20.1. The van der Waals surface area contributed by atoms with Gasteiger partial charge in [-0.3, -0.25) is 10.7 Å². The first-order chi connectivity index (χ1) is 13.5. The third kappa shape index (κ3) is 4.79. The highest BCUT2D eigenvalue weighted by atomic mass is 79.9. The van der Waals surface area contributed by atoms with Crippen molar-refractivity contribution in [3.63, 3.8) is 0 Å². The van der Waals surface area contributed by atoms with Crippen LogP contribution < -0.4 is 21.8 Å². The first kappa shape index (κ1) is 19.7. The Morgan fingerprint density at radius 1 is 1.18 bits per heavy atom. The summed E-state index contributed by atoms with van der Waals surface area (Å²) in [6.07, 6.45) is 0. The van der Waals surface area contributed by atoms with Gasteiger partial charge in [-0.25, -0.2) is 14.0 Å². The molecule has 0 aliphatic rings. The summed E-state index contributed by atoms with van der Waals surface area (Å²) >= 11 is 8.30. The topological polar surface area (TPSA) is 134 Å². The van der Waals surface area contributed by atoms with Crippen LogP contribution in [0.3, 0.4) is 0 Å². The van der Waals surface area contributed by atoms with Gasteiger partial charge in [0, 0.05) is 11.4 Å². The van der Waals surface area contributed by atoms with E-state index in [0.717, 1.165) is 0 Å². The minimum absolute atomic E-state index is 0.0596. The van der Waals surface area contributed by atoms with Crippen LogP contribution in [0, 0.1) is 5.82 Å². The fourth-order valence-electron chi connectivity index (χ4n) is 2.08. The van der Waals surface area contributed by atoms with Gasteiger partial charge in [-0.15, -0.1) is 0 Å². The predicted molar refractivity (Wildman–Crippen MR) is 110 cm³/mol. The molecule has 12 heteroatoms. The highest BCUT2D eigenvalue weighted by Crippen LogP contribution is 2.23. The van der Waals surface area contributed by atoms with Crippen molar-refractivity contribution in [2.45, 2.75) is 0 Å². The van der Waals surface area contributed by atoms with Crippen LogP contribution >= 0.6 is 28.1 Å². The van der Waals surface area contributed by atoms with Crippen molar-refractivity contribution in [2.24, 2.45) is 4.99 Å². The number of hydroxylamine groups is 1. The van der Waals surface area contributed by atoms with E-state index in [4.69, 9.17) is 22.6 Å². The number of nitrogens with two attached hydrogens (primary N) is 1. The number of aromatic nitrogens is 2. The Hall–Kier alpha value is -3.09. The number of halogens is 2. The summed E-state index contributed by atoms with van der Waals surface area (Å²) in [5, 5.41) is 22.8. The molecule has 28 heavy (non-hydrogen) atoms. The second-order valence-electron chi connectivity index (χ2n) is 5.33. The van der Waals surface area contributed by atoms with Crippen molar-refractivity contribution in [1.82, 2.24) is 15.8 Å². The molecule has 0 spiro atoms. The Labute approximate surface area is 171 Å². The number of hydrogen-bond donors (Lipinski definition) is 5. The molecule has 0 aliphatic heterocycles. The van der Waals surface area contributed by atoms with Gasteiger partial charge in [0.05, 0.1) is 10.2 Å². The summed E-state index contributed by atoms with van der Waals surface area (Å²) in [5.74, 6) is -0.422. The molecule has 0 aliphatic carbocycles. The van der Waals surface area contributed by atoms with E-state index in [1.54, 1.807) is 24.3 Å². The third-order valence-corrected chi connectivity index (χ3v) is 4.18. The van der Waals surface area contributed by atoms with Crippen LogP contribution in [0.15, 0.2) is 56.6 Å². The molecule has 2 aromatic carbocycles. The van der Waals surface area contributed by atoms with Gasteiger partial charge in [0.15, 0.2) is 16.6 Å². The van der Waals surface area contributed by atoms with Crippen molar-refractivity contribution in [2.75, 3.05) is 16.4 Å². The molecule has 1 heterocycles. The molecule has 0 saturated heterocycles. The van der Waals surface area contributed by atoms with Crippen molar-refractivity contribution < 1.29 is 14.2 Å². The van der Waals surface area contributed by atoms with E-state index in [1.165, 1.54) is 18.2 Å².